The van der Waals surface area contributed by atoms with Gasteiger partial charge in [-0.25, -0.2) is 9.78 Å². The number of amides is 2. The molecular formula is C20H26N4O4. The third-order valence-corrected chi connectivity index (χ3v) is 4.59. The van der Waals surface area contributed by atoms with E-state index in [1.807, 2.05) is 6.07 Å². The molecule has 1 saturated heterocycles. The molecule has 1 atom stereocenters. The molecule has 8 heteroatoms. The number of aromatic amines is 1. The number of hydrogen-bond acceptors (Lipinski definition) is 5. The number of H-pyrrole nitrogens is 1. The second-order valence-electron chi connectivity index (χ2n) is 8.06. The smallest absolute Gasteiger partial charge is 0.410 e. The van der Waals surface area contributed by atoms with Crippen LogP contribution in [0.4, 0.5) is 4.79 Å². The molecule has 8 nitrogen and oxygen atoms in total. The maximum Gasteiger partial charge on any atom is 0.410 e. The largest absolute Gasteiger partial charge is 0.444 e. The van der Waals surface area contributed by atoms with Crippen LogP contribution in [0.3, 0.4) is 0 Å². The average molecular weight is 386 g/mol. The second kappa shape index (κ2) is 7.61. The fourth-order valence-corrected chi connectivity index (χ4v) is 3.33. The van der Waals surface area contributed by atoms with Crippen molar-refractivity contribution in [2.45, 2.75) is 51.8 Å². The minimum Gasteiger partial charge on any atom is -0.444 e. The Labute approximate surface area is 163 Å². The molecule has 0 bridgehead atoms. The van der Waals surface area contributed by atoms with E-state index in [1.54, 1.807) is 46.0 Å². The monoisotopic (exact) mass is 386 g/mol. The summed E-state index contributed by atoms with van der Waals surface area (Å²) >= 11 is 0. The molecule has 150 valence electrons. The molecule has 0 radical (unpaired) electrons. The molecule has 0 aliphatic carbocycles. The predicted molar refractivity (Wildman–Crippen MR) is 105 cm³/mol. The number of carbonyl (C=O) groups excluding carboxylic acids is 2. The standard InChI is InChI=1S/C20H26N4O4/c1-20(2,3)28-19(27)24-11-7-10-15(24)18(26)23(4)12-16-21-14-9-6-5-8-13(14)17(25)22-16/h5-6,8-9,15H,7,10-12H2,1-4H3,(H,21,22,25)/t15-/m1/s1. The highest BCUT2D eigenvalue weighted by molar-refractivity contribution is 5.86. The van der Waals surface area contributed by atoms with Gasteiger partial charge in [-0.1, -0.05) is 12.1 Å². The van der Waals surface area contributed by atoms with Crippen LogP contribution in [0.2, 0.25) is 0 Å². The van der Waals surface area contributed by atoms with Crippen molar-refractivity contribution in [3.05, 3.63) is 40.4 Å². The normalized spacial score (nSPS) is 17.0. The van der Waals surface area contributed by atoms with Gasteiger partial charge in [-0.3, -0.25) is 14.5 Å². The minimum absolute atomic E-state index is 0.150. The van der Waals surface area contributed by atoms with E-state index >= 15 is 0 Å². The van der Waals surface area contributed by atoms with Crippen LogP contribution in [0.25, 0.3) is 10.9 Å². The molecule has 1 fully saturated rings. The summed E-state index contributed by atoms with van der Waals surface area (Å²) in [5.41, 5.74) is -0.274. The molecule has 2 heterocycles. The van der Waals surface area contributed by atoms with Crippen LogP contribution in [0, 0.1) is 0 Å². The number of likely N-dealkylation sites (tertiary alicyclic amines) is 1. The Morgan fingerprint density at radius 1 is 1.32 bits per heavy atom. The number of aromatic nitrogens is 2. The molecule has 28 heavy (non-hydrogen) atoms. The lowest BCUT2D eigenvalue weighted by Gasteiger charge is -2.30. The molecular weight excluding hydrogens is 360 g/mol. The van der Waals surface area contributed by atoms with Crippen molar-refractivity contribution in [2.75, 3.05) is 13.6 Å². The number of rotatable bonds is 3. The molecule has 3 rings (SSSR count). The molecule has 0 saturated carbocycles. The summed E-state index contributed by atoms with van der Waals surface area (Å²) in [7, 11) is 1.64. The number of hydrogen-bond donors (Lipinski definition) is 1. The SMILES string of the molecule is CN(Cc1nc2ccccc2c(=O)[nH]1)C(=O)[C@H]1CCCN1C(=O)OC(C)(C)C. The number of nitrogens with one attached hydrogen (secondary N) is 1. The highest BCUT2D eigenvalue weighted by atomic mass is 16.6. The van der Waals surface area contributed by atoms with E-state index in [9.17, 15) is 14.4 Å². The van der Waals surface area contributed by atoms with Crippen LogP contribution in [-0.4, -0.2) is 57.0 Å². The Balaban J connectivity index is 1.73. The zero-order valence-corrected chi connectivity index (χ0v) is 16.7. The van der Waals surface area contributed by atoms with Gasteiger partial charge in [-0.15, -0.1) is 0 Å². The molecule has 0 spiro atoms. The van der Waals surface area contributed by atoms with E-state index in [1.165, 1.54) is 9.80 Å². The fourth-order valence-electron chi connectivity index (χ4n) is 3.33. The number of nitrogens with zero attached hydrogens (tertiary/aromatic N) is 3. The van der Waals surface area contributed by atoms with Crippen molar-refractivity contribution in [2.24, 2.45) is 0 Å². The Kier molecular flexibility index (Phi) is 5.40. The van der Waals surface area contributed by atoms with Crippen molar-refractivity contribution in [1.29, 1.82) is 0 Å². The summed E-state index contributed by atoms with van der Waals surface area (Å²) in [6.07, 6.45) is 0.854. The highest BCUT2D eigenvalue weighted by Crippen LogP contribution is 2.22. The van der Waals surface area contributed by atoms with Gasteiger partial charge in [-0.2, -0.15) is 0 Å². The first-order valence-electron chi connectivity index (χ1n) is 9.38. The van der Waals surface area contributed by atoms with E-state index in [4.69, 9.17) is 4.74 Å². The van der Waals surface area contributed by atoms with E-state index in [0.717, 1.165) is 6.42 Å². The van der Waals surface area contributed by atoms with Crippen LogP contribution < -0.4 is 5.56 Å². The molecule has 1 aromatic carbocycles. The van der Waals surface area contributed by atoms with Gasteiger partial charge in [0.05, 0.1) is 17.4 Å². The topological polar surface area (TPSA) is 95.6 Å². The lowest BCUT2D eigenvalue weighted by molar-refractivity contribution is -0.135. The van der Waals surface area contributed by atoms with Crippen molar-refractivity contribution in [1.82, 2.24) is 19.8 Å². The van der Waals surface area contributed by atoms with Gasteiger partial charge in [0, 0.05) is 13.6 Å². The summed E-state index contributed by atoms with van der Waals surface area (Å²) in [4.78, 5) is 47.7. The Morgan fingerprint density at radius 3 is 2.75 bits per heavy atom. The van der Waals surface area contributed by atoms with E-state index in [0.29, 0.717) is 29.7 Å². The lowest BCUT2D eigenvalue weighted by atomic mass is 10.2. The fraction of sp³-hybridized carbons (Fsp3) is 0.500. The first kappa shape index (κ1) is 19.9. The Bertz CT molecular complexity index is 947. The lowest BCUT2D eigenvalue weighted by Crippen LogP contribution is -2.48. The molecule has 2 aromatic rings. The first-order valence-corrected chi connectivity index (χ1v) is 9.38. The quantitative estimate of drug-likeness (QED) is 0.873. The Morgan fingerprint density at radius 2 is 2.04 bits per heavy atom. The molecule has 1 aromatic heterocycles. The zero-order chi connectivity index (χ0) is 20.5. The van der Waals surface area contributed by atoms with Gasteiger partial charge in [0.2, 0.25) is 5.91 Å². The summed E-state index contributed by atoms with van der Waals surface area (Å²) in [5.74, 6) is 0.209. The molecule has 1 aliphatic rings. The predicted octanol–water partition coefficient (Wildman–Crippen LogP) is 2.28. The van der Waals surface area contributed by atoms with Gasteiger partial charge < -0.3 is 14.6 Å². The molecule has 1 N–H and O–H groups in total. The minimum atomic E-state index is -0.617. The highest BCUT2D eigenvalue weighted by Gasteiger charge is 2.38. The third-order valence-electron chi connectivity index (χ3n) is 4.59. The Hall–Kier alpha value is -2.90. The van der Waals surface area contributed by atoms with E-state index in [2.05, 4.69) is 9.97 Å². The van der Waals surface area contributed by atoms with Gasteiger partial charge in [0.15, 0.2) is 0 Å². The number of likely N-dealkylation sites (N-methyl/N-ethyl adjacent to an activating group) is 1. The van der Waals surface area contributed by atoms with Crippen LogP contribution in [-0.2, 0) is 16.1 Å². The number of para-hydroxylation sites is 1. The summed E-state index contributed by atoms with van der Waals surface area (Å²) in [5, 5.41) is 0.507. The summed E-state index contributed by atoms with van der Waals surface area (Å²) in [6.45, 7) is 6.03. The van der Waals surface area contributed by atoms with Crippen LogP contribution in [0.5, 0.6) is 0 Å². The zero-order valence-electron chi connectivity index (χ0n) is 16.7. The number of benzene rings is 1. The molecule has 1 aliphatic heterocycles. The number of fused-ring (bicyclic) bond motifs is 1. The maximum absolute atomic E-state index is 12.9. The van der Waals surface area contributed by atoms with Gasteiger partial charge >= 0.3 is 6.09 Å². The van der Waals surface area contributed by atoms with Gasteiger partial charge in [0.25, 0.3) is 5.56 Å². The summed E-state index contributed by atoms with van der Waals surface area (Å²) < 4.78 is 5.42. The molecule has 0 unspecified atom stereocenters. The van der Waals surface area contributed by atoms with Gasteiger partial charge in [0.1, 0.15) is 17.5 Å². The first-order chi connectivity index (χ1) is 13.2. The van der Waals surface area contributed by atoms with E-state index < -0.39 is 17.7 Å². The van der Waals surface area contributed by atoms with Crippen molar-refractivity contribution in [3.8, 4) is 0 Å². The molecule has 2 amide bonds. The van der Waals surface area contributed by atoms with Crippen molar-refractivity contribution in [3.63, 3.8) is 0 Å². The van der Waals surface area contributed by atoms with Crippen LogP contribution in [0.1, 0.15) is 39.4 Å². The second-order valence-corrected chi connectivity index (χ2v) is 8.06. The van der Waals surface area contributed by atoms with Crippen molar-refractivity contribution >= 4 is 22.9 Å². The maximum atomic E-state index is 12.9. The number of carbonyl (C=O) groups is 2. The summed E-state index contributed by atoms with van der Waals surface area (Å²) in [6, 6.07) is 6.49. The van der Waals surface area contributed by atoms with Crippen molar-refractivity contribution < 1.29 is 14.3 Å². The number of ether oxygens (including phenoxy) is 1. The van der Waals surface area contributed by atoms with E-state index in [-0.39, 0.29) is 18.0 Å². The third kappa shape index (κ3) is 4.32. The van der Waals surface area contributed by atoms with Gasteiger partial charge in [-0.05, 0) is 45.7 Å². The average Bonchev–Trinajstić information content (AvgIpc) is 3.09. The van der Waals surface area contributed by atoms with Crippen LogP contribution >= 0.6 is 0 Å². The van der Waals surface area contributed by atoms with Crippen LogP contribution in [0.15, 0.2) is 29.1 Å².